The van der Waals surface area contributed by atoms with E-state index in [1.807, 2.05) is 0 Å². The van der Waals surface area contributed by atoms with Crippen molar-refractivity contribution in [1.82, 2.24) is 9.97 Å². The molecule has 19 heavy (non-hydrogen) atoms. The lowest BCUT2D eigenvalue weighted by molar-refractivity contribution is -0.120. The number of carbonyl (C=O) groups excluding carboxylic acids is 1. The van der Waals surface area contributed by atoms with E-state index in [4.69, 9.17) is 0 Å². The predicted octanol–water partition coefficient (Wildman–Crippen LogP) is 1.99. The summed E-state index contributed by atoms with van der Waals surface area (Å²) in [6.07, 6.45) is 9.24. The van der Waals surface area contributed by atoms with Gasteiger partial charge in [0.2, 0.25) is 5.91 Å². The highest BCUT2D eigenvalue weighted by atomic mass is 16.3. The molecule has 0 unspecified atom stereocenters. The van der Waals surface area contributed by atoms with Crippen molar-refractivity contribution in [3.05, 3.63) is 18.2 Å². The van der Waals surface area contributed by atoms with Crippen LogP contribution in [0.5, 0.6) is 0 Å². The molecule has 0 bridgehead atoms. The van der Waals surface area contributed by atoms with Crippen LogP contribution in [0.3, 0.4) is 0 Å². The Morgan fingerprint density at radius 3 is 2.53 bits per heavy atom. The number of anilines is 1. The molecule has 2 aliphatic carbocycles. The van der Waals surface area contributed by atoms with Crippen molar-refractivity contribution in [2.45, 2.75) is 56.5 Å². The lowest BCUT2D eigenvalue weighted by atomic mass is 9.98. The summed E-state index contributed by atoms with van der Waals surface area (Å²) in [5, 5.41) is 12.9. The van der Waals surface area contributed by atoms with Crippen LogP contribution in [0.25, 0.3) is 0 Å². The maximum atomic E-state index is 11.9. The third-order valence-corrected chi connectivity index (χ3v) is 3.92. The second kappa shape index (κ2) is 4.89. The Hall–Kier alpha value is -1.49. The number of aliphatic hydroxyl groups is 1. The molecule has 0 radical (unpaired) electrons. The summed E-state index contributed by atoms with van der Waals surface area (Å²) in [6, 6.07) is 0. The molecule has 0 atom stereocenters. The molecule has 5 heteroatoms. The summed E-state index contributed by atoms with van der Waals surface area (Å²) >= 11 is 0. The molecule has 5 nitrogen and oxygen atoms in total. The average Bonchev–Trinajstić information content (AvgIpc) is 3.13. The molecule has 0 saturated heterocycles. The number of rotatable bonds is 4. The van der Waals surface area contributed by atoms with Gasteiger partial charge in [-0.2, -0.15) is 0 Å². The molecule has 1 aromatic heterocycles. The van der Waals surface area contributed by atoms with Crippen LogP contribution in [-0.4, -0.2) is 26.6 Å². The highest BCUT2D eigenvalue weighted by Gasteiger charge is 2.33. The minimum absolute atomic E-state index is 0.160. The molecule has 0 spiro atoms. The molecule has 2 saturated carbocycles. The molecule has 0 aromatic carbocycles. The first-order chi connectivity index (χ1) is 9.15. The summed E-state index contributed by atoms with van der Waals surface area (Å²) in [5.41, 5.74) is -0.199. The quantitative estimate of drug-likeness (QED) is 0.869. The fourth-order valence-electron chi connectivity index (χ4n) is 2.67. The lowest BCUT2D eigenvalue weighted by Gasteiger charge is -2.20. The number of amides is 1. The van der Waals surface area contributed by atoms with Crippen molar-refractivity contribution in [1.29, 1.82) is 0 Å². The van der Waals surface area contributed by atoms with E-state index in [0.717, 1.165) is 31.5 Å². The van der Waals surface area contributed by atoms with E-state index in [1.54, 1.807) is 12.4 Å². The number of hydrogen-bond donors (Lipinski definition) is 2. The van der Waals surface area contributed by atoms with E-state index in [2.05, 4.69) is 15.3 Å². The molecular weight excluding hydrogens is 242 g/mol. The monoisotopic (exact) mass is 261 g/mol. The van der Waals surface area contributed by atoms with E-state index in [9.17, 15) is 9.90 Å². The Labute approximate surface area is 112 Å². The maximum absolute atomic E-state index is 11.9. The van der Waals surface area contributed by atoms with Crippen LogP contribution in [0.15, 0.2) is 12.4 Å². The standard InChI is InChI=1S/C14H19N3O2/c18-12(7-14(19)5-1-2-6-14)17-11-8-15-13(16-9-11)10-3-4-10/h8-10,19H,1-7H2,(H,17,18). The van der Waals surface area contributed by atoms with E-state index in [1.165, 1.54) is 12.8 Å². The third kappa shape index (κ3) is 3.10. The maximum Gasteiger partial charge on any atom is 0.227 e. The van der Waals surface area contributed by atoms with Crippen molar-refractivity contribution in [2.75, 3.05) is 5.32 Å². The minimum atomic E-state index is -0.807. The molecule has 2 fully saturated rings. The Morgan fingerprint density at radius 2 is 1.95 bits per heavy atom. The molecule has 2 aliphatic rings. The molecular formula is C14H19N3O2. The van der Waals surface area contributed by atoms with Crippen LogP contribution in [0.4, 0.5) is 5.69 Å². The first-order valence-corrected chi connectivity index (χ1v) is 6.99. The smallest absolute Gasteiger partial charge is 0.227 e. The Bertz CT molecular complexity index is 462. The van der Waals surface area contributed by atoms with Crippen LogP contribution in [0.2, 0.25) is 0 Å². The topological polar surface area (TPSA) is 75.1 Å². The highest BCUT2D eigenvalue weighted by molar-refractivity contribution is 5.91. The van der Waals surface area contributed by atoms with Gasteiger partial charge in [-0.05, 0) is 25.7 Å². The second-order valence-corrected chi connectivity index (χ2v) is 5.76. The molecule has 2 N–H and O–H groups in total. The van der Waals surface area contributed by atoms with Gasteiger partial charge in [0, 0.05) is 5.92 Å². The Morgan fingerprint density at radius 1 is 1.32 bits per heavy atom. The average molecular weight is 261 g/mol. The molecule has 3 rings (SSSR count). The fraction of sp³-hybridized carbons (Fsp3) is 0.643. The van der Waals surface area contributed by atoms with E-state index < -0.39 is 5.60 Å². The number of aromatic nitrogens is 2. The molecule has 1 aromatic rings. The SMILES string of the molecule is O=C(CC1(O)CCCC1)Nc1cnc(C2CC2)nc1. The van der Waals surface area contributed by atoms with Crippen molar-refractivity contribution in [3.8, 4) is 0 Å². The summed E-state index contributed by atoms with van der Waals surface area (Å²) in [4.78, 5) is 20.4. The zero-order valence-electron chi connectivity index (χ0n) is 10.9. The Balaban J connectivity index is 1.56. The molecule has 1 amide bonds. The Kier molecular flexibility index (Phi) is 3.22. The largest absolute Gasteiger partial charge is 0.389 e. The van der Waals surface area contributed by atoms with Crippen LogP contribution < -0.4 is 5.32 Å². The van der Waals surface area contributed by atoms with Gasteiger partial charge in [-0.15, -0.1) is 0 Å². The van der Waals surface area contributed by atoms with Crippen LogP contribution in [0.1, 0.15) is 56.7 Å². The lowest BCUT2D eigenvalue weighted by Crippen LogP contribution is -2.30. The zero-order valence-corrected chi connectivity index (χ0v) is 10.9. The molecule has 102 valence electrons. The summed E-state index contributed by atoms with van der Waals surface area (Å²) in [5.74, 6) is 1.23. The van der Waals surface area contributed by atoms with Gasteiger partial charge in [-0.3, -0.25) is 4.79 Å². The third-order valence-electron chi connectivity index (χ3n) is 3.92. The second-order valence-electron chi connectivity index (χ2n) is 5.76. The van der Waals surface area contributed by atoms with Gasteiger partial charge >= 0.3 is 0 Å². The number of hydrogen-bond acceptors (Lipinski definition) is 4. The van der Waals surface area contributed by atoms with Crippen LogP contribution >= 0.6 is 0 Å². The highest BCUT2D eigenvalue weighted by Crippen LogP contribution is 2.37. The predicted molar refractivity (Wildman–Crippen MR) is 70.7 cm³/mol. The fourth-order valence-corrected chi connectivity index (χ4v) is 2.67. The first kappa shape index (κ1) is 12.5. The van der Waals surface area contributed by atoms with Gasteiger partial charge in [0.05, 0.1) is 30.1 Å². The summed E-state index contributed by atoms with van der Waals surface area (Å²) in [7, 11) is 0. The molecule has 0 aliphatic heterocycles. The van der Waals surface area contributed by atoms with Gasteiger partial charge in [0.1, 0.15) is 5.82 Å². The normalized spacial score (nSPS) is 21.3. The molecule has 1 heterocycles. The van der Waals surface area contributed by atoms with Gasteiger partial charge in [0.15, 0.2) is 0 Å². The number of carbonyl (C=O) groups is 1. The van der Waals surface area contributed by atoms with Crippen molar-refractivity contribution in [3.63, 3.8) is 0 Å². The number of nitrogens with zero attached hydrogens (tertiary/aromatic N) is 2. The van der Waals surface area contributed by atoms with E-state index >= 15 is 0 Å². The van der Waals surface area contributed by atoms with Crippen LogP contribution in [0, 0.1) is 0 Å². The van der Waals surface area contributed by atoms with Gasteiger partial charge < -0.3 is 10.4 Å². The van der Waals surface area contributed by atoms with Crippen molar-refractivity contribution in [2.24, 2.45) is 0 Å². The van der Waals surface area contributed by atoms with Gasteiger partial charge in [-0.25, -0.2) is 9.97 Å². The number of nitrogens with one attached hydrogen (secondary N) is 1. The van der Waals surface area contributed by atoms with Gasteiger partial charge in [-0.1, -0.05) is 12.8 Å². The van der Waals surface area contributed by atoms with Crippen molar-refractivity contribution >= 4 is 11.6 Å². The van der Waals surface area contributed by atoms with E-state index in [0.29, 0.717) is 11.6 Å². The summed E-state index contributed by atoms with van der Waals surface area (Å²) in [6.45, 7) is 0. The first-order valence-electron chi connectivity index (χ1n) is 6.99. The van der Waals surface area contributed by atoms with Gasteiger partial charge in [0.25, 0.3) is 0 Å². The minimum Gasteiger partial charge on any atom is -0.389 e. The summed E-state index contributed by atoms with van der Waals surface area (Å²) < 4.78 is 0. The van der Waals surface area contributed by atoms with E-state index in [-0.39, 0.29) is 12.3 Å². The van der Waals surface area contributed by atoms with Crippen LogP contribution in [-0.2, 0) is 4.79 Å². The zero-order chi connectivity index (χ0) is 13.3. The van der Waals surface area contributed by atoms with Crippen molar-refractivity contribution < 1.29 is 9.90 Å².